The summed E-state index contributed by atoms with van der Waals surface area (Å²) >= 11 is 0. The van der Waals surface area contributed by atoms with Crippen molar-refractivity contribution < 1.29 is 0 Å². The molecule has 3 rings (SSSR count). The van der Waals surface area contributed by atoms with E-state index in [-0.39, 0.29) is 0 Å². The number of nitrogens with one attached hydrogen (secondary N) is 2. The van der Waals surface area contributed by atoms with E-state index in [1.54, 1.807) is 0 Å². The molecule has 6 nitrogen and oxygen atoms in total. The maximum Gasteiger partial charge on any atom is 0.191 e. The Balaban J connectivity index is 1.38. The SMILES string of the molecule is CN=C(NCCCCC1CCCC1)NC1CCc2nc(C(C)C)nn2C1. The van der Waals surface area contributed by atoms with Crippen LogP contribution in [-0.4, -0.2) is 40.4 Å². The number of fused-ring (bicyclic) bond motifs is 1. The van der Waals surface area contributed by atoms with Crippen LogP contribution < -0.4 is 10.6 Å². The number of unbranched alkanes of at least 4 members (excludes halogenated alkanes) is 1. The van der Waals surface area contributed by atoms with Crippen molar-refractivity contribution in [3.05, 3.63) is 11.6 Å². The molecule has 0 bridgehead atoms. The topological polar surface area (TPSA) is 67.1 Å². The number of aliphatic imine (C=N–C) groups is 1. The second kappa shape index (κ2) is 9.38. The molecule has 0 radical (unpaired) electrons. The van der Waals surface area contributed by atoms with Crippen LogP contribution >= 0.6 is 0 Å². The van der Waals surface area contributed by atoms with Crippen LogP contribution in [0.2, 0.25) is 0 Å². The van der Waals surface area contributed by atoms with Gasteiger partial charge in [-0.3, -0.25) is 4.99 Å². The minimum atomic E-state index is 0.369. The molecule has 1 aromatic rings. The van der Waals surface area contributed by atoms with E-state index in [1.165, 1.54) is 44.9 Å². The van der Waals surface area contributed by atoms with Gasteiger partial charge in [0.1, 0.15) is 5.82 Å². The smallest absolute Gasteiger partial charge is 0.191 e. The summed E-state index contributed by atoms with van der Waals surface area (Å²) < 4.78 is 2.07. The molecular weight excluding hydrogens is 324 g/mol. The van der Waals surface area contributed by atoms with Crippen molar-refractivity contribution in [1.82, 2.24) is 25.4 Å². The fraction of sp³-hybridized carbons (Fsp3) is 0.850. The van der Waals surface area contributed by atoms with Crippen LogP contribution in [0, 0.1) is 5.92 Å². The molecule has 146 valence electrons. The van der Waals surface area contributed by atoms with Crippen molar-refractivity contribution in [2.45, 2.75) is 90.1 Å². The van der Waals surface area contributed by atoms with Crippen LogP contribution in [0.1, 0.15) is 82.8 Å². The Morgan fingerprint density at radius 2 is 2.04 bits per heavy atom. The highest BCUT2D eigenvalue weighted by Crippen LogP contribution is 2.28. The minimum Gasteiger partial charge on any atom is -0.356 e. The predicted molar refractivity (Wildman–Crippen MR) is 107 cm³/mol. The van der Waals surface area contributed by atoms with Gasteiger partial charge in [-0.25, -0.2) is 9.67 Å². The zero-order chi connectivity index (χ0) is 18.4. The Hall–Kier alpha value is -1.59. The minimum absolute atomic E-state index is 0.369. The molecule has 1 aliphatic carbocycles. The molecule has 2 heterocycles. The van der Waals surface area contributed by atoms with Gasteiger partial charge in [-0.1, -0.05) is 52.4 Å². The van der Waals surface area contributed by atoms with Crippen molar-refractivity contribution in [3.8, 4) is 0 Å². The van der Waals surface area contributed by atoms with Crippen LogP contribution in [0.3, 0.4) is 0 Å². The zero-order valence-corrected chi connectivity index (χ0v) is 16.8. The van der Waals surface area contributed by atoms with Crippen molar-refractivity contribution in [2.24, 2.45) is 10.9 Å². The first-order valence-electron chi connectivity index (χ1n) is 10.6. The average molecular weight is 361 g/mol. The molecule has 1 aromatic heterocycles. The quantitative estimate of drug-likeness (QED) is 0.445. The van der Waals surface area contributed by atoms with Gasteiger partial charge in [0, 0.05) is 32.0 Å². The third kappa shape index (κ3) is 5.21. The number of guanidine groups is 1. The zero-order valence-electron chi connectivity index (χ0n) is 16.8. The van der Waals surface area contributed by atoms with Crippen molar-refractivity contribution >= 4 is 5.96 Å². The summed E-state index contributed by atoms with van der Waals surface area (Å²) in [6.07, 6.45) is 11.9. The monoisotopic (exact) mass is 360 g/mol. The summed E-state index contributed by atoms with van der Waals surface area (Å²) in [4.78, 5) is 9.06. The van der Waals surface area contributed by atoms with E-state index < -0.39 is 0 Å². The lowest BCUT2D eigenvalue weighted by molar-refractivity contribution is 0.391. The molecule has 1 aliphatic heterocycles. The highest BCUT2D eigenvalue weighted by Gasteiger charge is 2.23. The van der Waals surface area contributed by atoms with Gasteiger partial charge in [0.2, 0.25) is 0 Å². The summed E-state index contributed by atoms with van der Waals surface area (Å²) in [6, 6.07) is 0.369. The van der Waals surface area contributed by atoms with Gasteiger partial charge in [0.15, 0.2) is 11.8 Å². The third-order valence-electron chi connectivity index (χ3n) is 5.76. The molecule has 1 unspecified atom stereocenters. The maximum atomic E-state index is 4.66. The molecule has 0 aromatic carbocycles. The molecular formula is C20H36N6. The number of hydrogen-bond acceptors (Lipinski definition) is 3. The second-order valence-corrected chi connectivity index (χ2v) is 8.25. The van der Waals surface area contributed by atoms with Gasteiger partial charge in [-0.05, 0) is 18.8 Å². The fourth-order valence-electron chi connectivity index (χ4n) is 4.14. The van der Waals surface area contributed by atoms with Crippen LogP contribution in [0.5, 0.6) is 0 Å². The van der Waals surface area contributed by atoms with Crippen LogP contribution in [0.4, 0.5) is 0 Å². The van der Waals surface area contributed by atoms with Crippen molar-refractivity contribution in [2.75, 3.05) is 13.6 Å². The first-order chi connectivity index (χ1) is 12.7. The molecule has 0 saturated heterocycles. The summed E-state index contributed by atoms with van der Waals surface area (Å²) in [5.41, 5.74) is 0. The number of nitrogens with zero attached hydrogens (tertiary/aromatic N) is 4. The van der Waals surface area contributed by atoms with Gasteiger partial charge in [-0.15, -0.1) is 0 Å². The van der Waals surface area contributed by atoms with E-state index in [1.807, 2.05) is 7.05 Å². The van der Waals surface area contributed by atoms with E-state index in [0.717, 1.165) is 49.5 Å². The van der Waals surface area contributed by atoms with Crippen LogP contribution in [0.15, 0.2) is 4.99 Å². The predicted octanol–water partition coefficient (Wildman–Crippen LogP) is 3.24. The molecule has 1 fully saturated rings. The van der Waals surface area contributed by atoms with Crippen LogP contribution in [-0.2, 0) is 13.0 Å². The Morgan fingerprint density at radius 3 is 2.77 bits per heavy atom. The molecule has 2 aliphatic rings. The fourth-order valence-corrected chi connectivity index (χ4v) is 4.14. The van der Waals surface area contributed by atoms with Gasteiger partial charge >= 0.3 is 0 Å². The summed E-state index contributed by atoms with van der Waals surface area (Å²) in [5.74, 6) is 4.40. The van der Waals surface area contributed by atoms with Crippen molar-refractivity contribution in [3.63, 3.8) is 0 Å². The standard InChI is InChI=1S/C20H36N6/c1-15(2)19-24-18-12-11-17(14-26(18)25-19)23-20(21-3)22-13-7-6-10-16-8-4-5-9-16/h15-17H,4-14H2,1-3H3,(H2,21,22,23). The molecule has 2 N–H and O–H groups in total. The lowest BCUT2D eigenvalue weighted by Crippen LogP contribution is -2.47. The van der Waals surface area contributed by atoms with E-state index in [0.29, 0.717) is 12.0 Å². The lowest BCUT2D eigenvalue weighted by atomic mass is 10.0. The Morgan fingerprint density at radius 1 is 1.23 bits per heavy atom. The number of aromatic nitrogens is 3. The first-order valence-corrected chi connectivity index (χ1v) is 10.6. The molecule has 26 heavy (non-hydrogen) atoms. The average Bonchev–Trinajstić information content (AvgIpc) is 3.29. The Labute approximate surface area is 158 Å². The Kier molecular flexibility index (Phi) is 6.92. The molecule has 1 saturated carbocycles. The van der Waals surface area contributed by atoms with E-state index in [2.05, 4.69) is 44.2 Å². The van der Waals surface area contributed by atoms with Crippen molar-refractivity contribution in [1.29, 1.82) is 0 Å². The largest absolute Gasteiger partial charge is 0.356 e. The highest BCUT2D eigenvalue weighted by molar-refractivity contribution is 5.79. The number of hydrogen-bond donors (Lipinski definition) is 2. The number of rotatable bonds is 7. The molecule has 0 spiro atoms. The Bertz CT molecular complexity index is 585. The van der Waals surface area contributed by atoms with Crippen LogP contribution in [0.25, 0.3) is 0 Å². The van der Waals surface area contributed by atoms with E-state index in [4.69, 9.17) is 0 Å². The van der Waals surface area contributed by atoms with Gasteiger partial charge in [0.25, 0.3) is 0 Å². The highest BCUT2D eigenvalue weighted by atomic mass is 15.4. The summed E-state index contributed by atoms with van der Waals surface area (Å²) in [5, 5.41) is 11.7. The maximum absolute atomic E-state index is 4.66. The van der Waals surface area contributed by atoms with Gasteiger partial charge in [-0.2, -0.15) is 5.10 Å². The number of aryl methyl sites for hydroxylation is 1. The first kappa shape index (κ1) is 19.2. The summed E-state index contributed by atoms with van der Waals surface area (Å²) in [6.45, 7) is 6.17. The van der Waals surface area contributed by atoms with Gasteiger partial charge < -0.3 is 10.6 Å². The third-order valence-corrected chi connectivity index (χ3v) is 5.76. The van der Waals surface area contributed by atoms with E-state index >= 15 is 0 Å². The lowest BCUT2D eigenvalue weighted by Gasteiger charge is -2.25. The normalized spacial score (nSPS) is 21.2. The molecule has 6 heteroatoms. The molecule has 0 amide bonds. The molecule has 1 atom stereocenters. The van der Waals surface area contributed by atoms with E-state index in [9.17, 15) is 0 Å². The summed E-state index contributed by atoms with van der Waals surface area (Å²) in [7, 11) is 1.86. The van der Waals surface area contributed by atoms with Gasteiger partial charge in [0.05, 0.1) is 6.54 Å². The second-order valence-electron chi connectivity index (χ2n) is 8.25.